The fourth-order valence-corrected chi connectivity index (χ4v) is 3.38. The molecule has 5 nitrogen and oxygen atoms in total. The second kappa shape index (κ2) is 8.05. The van der Waals surface area contributed by atoms with Crippen molar-refractivity contribution in [1.82, 2.24) is 9.47 Å². The first-order chi connectivity index (χ1) is 12.9. The van der Waals surface area contributed by atoms with Gasteiger partial charge in [0.05, 0.1) is 5.02 Å². The molecule has 1 aliphatic heterocycles. The zero-order valence-corrected chi connectivity index (χ0v) is 15.7. The Morgan fingerprint density at radius 1 is 1.11 bits per heavy atom. The molecule has 2 aromatic rings. The van der Waals surface area contributed by atoms with Crippen LogP contribution in [0.15, 0.2) is 47.4 Å². The van der Waals surface area contributed by atoms with Gasteiger partial charge in [-0.15, -0.1) is 0 Å². The lowest BCUT2D eigenvalue weighted by Gasteiger charge is -2.33. The largest absolute Gasteiger partial charge is 0.340 e. The van der Waals surface area contributed by atoms with Gasteiger partial charge in [-0.2, -0.15) is 0 Å². The van der Waals surface area contributed by atoms with Crippen molar-refractivity contribution in [3.63, 3.8) is 0 Å². The lowest BCUT2D eigenvalue weighted by molar-refractivity contribution is -0.134. The molecule has 0 bridgehead atoms. The minimum Gasteiger partial charge on any atom is -0.340 e. The number of Topliss-reactive ketones (excluding diaryl/α,β-unsaturated/α-hetero) is 1. The highest BCUT2D eigenvalue weighted by molar-refractivity contribution is 6.30. The molecule has 0 radical (unpaired) electrons. The number of benzene rings is 1. The van der Waals surface area contributed by atoms with E-state index in [1.807, 2.05) is 0 Å². The van der Waals surface area contributed by atoms with E-state index in [0.29, 0.717) is 19.0 Å². The smallest absolute Gasteiger partial charge is 0.253 e. The number of carbonyl (C=O) groups excluding carboxylic acids is 2. The molecule has 0 aliphatic carbocycles. The lowest BCUT2D eigenvalue weighted by atomic mass is 9.97. The topological polar surface area (TPSA) is 59.4 Å². The Kier molecular flexibility index (Phi) is 5.75. The van der Waals surface area contributed by atoms with E-state index in [-0.39, 0.29) is 10.6 Å². The van der Waals surface area contributed by atoms with E-state index in [1.165, 1.54) is 30.5 Å². The van der Waals surface area contributed by atoms with E-state index >= 15 is 0 Å². The first-order valence-corrected chi connectivity index (χ1v) is 9.21. The van der Waals surface area contributed by atoms with Gasteiger partial charge >= 0.3 is 0 Å². The van der Waals surface area contributed by atoms with Crippen LogP contribution >= 0.6 is 11.6 Å². The molecule has 142 valence electrons. The van der Waals surface area contributed by atoms with Crippen molar-refractivity contribution in [2.24, 2.45) is 5.92 Å². The van der Waals surface area contributed by atoms with Gasteiger partial charge < -0.3 is 4.90 Å². The van der Waals surface area contributed by atoms with Gasteiger partial charge in [-0.1, -0.05) is 18.5 Å². The highest BCUT2D eigenvalue weighted by Gasteiger charge is 2.35. The Labute approximate surface area is 161 Å². The fraction of sp³-hybridized carbons (Fsp3) is 0.350. The quantitative estimate of drug-likeness (QED) is 0.594. The van der Waals surface area contributed by atoms with Crippen LogP contribution in [0.4, 0.5) is 4.39 Å². The highest BCUT2D eigenvalue weighted by Crippen LogP contribution is 2.23. The molecular formula is C20H20ClFN2O3. The molecule has 3 rings (SSSR count). The highest BCUT2D eigenvalue weighted by atomic mass is 35.5. The van der Waals surface area contributed by atoms with Crippen molar-refractivity contribution in [3.8, 4) is 0 Å². The summed E-state index contributed by atoms with van der Waals surface area (Å²) in [5, 5.41) is 0.242. The van der Waals surface area contributed by atoms with Crippen LogP contribution in [0.2, 0.25) is 5.02 Å². The maximum absolute atomic E-state index is 13.2. The molecule has 1 saturated heterocycles. The molecule has 1 fully saturated rings. The van der Waals surface area contributed by atoms with E-state index in [9.17, 15) is 18.8 Å². The Morgan fingerprint density at radius 3 is 2.37 bits per heavy atom. The molecule has 27 heavy (non-hydrogen) atoms. The molecule has 1 atom stereocenters. The van der Waals surface area contributed by atoms with Crippen LogP contribution in [0.5, 0.6) is 0 Å². The summed E-state index contributed by atoms with van der Waals surface area (Å²) in [4.78, 5) is 40.2. The number of amides is 1. The van der Waals surface area contributed by atoms with Crippen molar-refractivity contribution < 1.29 is 14.0 Å². The van der Waals surface area contributed by atoms with Crippen LogP contribution in [-0.4, -0.2) is 34.2 Å². The number of nitrogens with zero attached hydrogens (tertiary/aromatic N) is 2. The predicted octanol–water partition coefficient (Wildman–Crippen LogP) is 3.32. The minimum absolute atomic E-state index is 0.159. The third-order valence-electron chi connectivity index (χ3n) is 4.89. The number of hydrogen-bond acceptors (Lipinski definition) is 3. The zero-order valence-electron chi connectivity index (χ0n) is 14.9. The molecule has 1 aromatic heterocycles. The normalized spacial score (nSPS) is 16.2. The van der Waals surface area contributed by atoms with Gasteiger partial charge in [0.15, 0.2) is 11.8 Å². The summed E-state index contributed by atoms with van der Waals surface area (Å²) < 4.78 is 14.3. The minimum atomic E-state index is -1.37. The van der Waals surface area contributed by atoms with Crippen LogP contribution in [0.1, 0.15) is 36.2 Å². The van der Waals surface area contributed by atoms with Gasteiger partial charge in [0.1, 0.15) is 5.82 Å². The summed E-state index contributed by atoms with van der Waals surface area (Å²) in [6.45, 7) is 3.18. The Bertz CT molecular complexity index is 902. The second-order valence-corrected chi connectivity index (χ2v) is 7.31. The van der Waals surface area contributed by atoms with Crippen LogP contribution in [-0.2, 0) is 4.79 Å². The molecule has 2 heterocycles. The first-order valence-electron chi connectivity index (χ1n) is 8.83. The van der Waals surface area contributed by atoms with Gasteiger partial charge in [-0.05, 0) is 49.1 Å². The summed E-state index contributed by atoms with van der Waals surface area (Å²) in [6, 6.07) is 6.19. The van der Waals surface area contributed by atoms with Crippen LogP contribution < -0.4 is 5.56 Å². The number of aromatic nitrogens is 1. The van der Waals surface area contributed by atoms with Gasteiger partial charge in [0.2, 0.25) is 0 Å². The van der Waals surface area contributed by atoms with E-state index in [1.54, 1.807) is 4.90 Å². The number of pyridine rings is 1. The Hall–Kier alpha value is -2.47. The molecule has 1 aliphatic rings. The van der Waals surface area contributed by atoms with Crippen LogP contribution in [0.25, 0.3) is 0 Å². The van der Waals surface area contributed by atoms with Crippen molar-refractivity contribution in [2.45, 2.75) is 25.8 Å². The van der Waals surface area contributed by atoms with Crippen molar-refractivity contribution >= 4 is 23.3 Å². The SMILES string of the molecule is CC1CCN(C(=O)C(C(=O)c2ccc(F)cc2)n2cc(Cl)ccc2=O)CC1. The van der Waals surface area contributed by atoms with Crippen molar-refractivity contribution in [2.75, 3.05) is 13.1 Å². The number of halogens is 2. The Morgan fingerprint density at radius 2 is 1.74 bits per heavy atom. The summed E-state index contributed by atoms with van der Waals surface area (Å²) >= 11 is 6.00. The summed E-state index contributed by atoms with van der Waals surface area (Å²) in [6.07, 6.45) is 2.97. The number of ketones is 1. The van der Waals surface area contributed by atoms with E-state index in [4.69, 9.17) is 11.6 Å². The molecular weight excluding hydrogens is 371 g/mol. The number of hydrogen-bond donors (Lipinski definition) is 0. The van der Waals surface area contributed by atoms with E-state index < -0.39 is 29.1 Å². The van der Waals surface area contributed by atoms with Gasteiger partial charge in [0, 0.05) is 30.9 Å². The molecule has 7 heteroatoms. The second-order valence-electron chi connectivity index (χ2n) is 6.87. The maximum atomic E-state index is 13.2. The van der Waals surface area contributed by atoms with Gasteiger partial charge in [-0.25, -0.2) is 4.39 Å². The van der Waals surface area contributed by atoms with E-state index in [2.05, 4.69) is 6.92 Å². The summed E-state index contributed by atoms with van der Waals surface area (Å²) in [7, 11) is 0. The molecule has 1 unspecified atom stereocenters. The number of piperidine rings is 1. The summed E-state index contributed by atoms with van der Waals surface area (Å²) in [5.41, 5.74) is -0.342. The standard InChI is InChI=1S/C20H20ClFN2O3/c1-13-8-10-23(11-9-13)20(27)18(24-12-15(21)4-7-17(24)25)19(26)14-2-5-16(22)6-3-14/h2-7,12-13,18H,8-11H2,1H3. The first kappa shape index (κ1) is 19.3. The average Bonchev–Trinajstić information content (AvgIpc) is 2.65. The lowest BCUT2D eigenvalue weighted by Crippen LogP contribution is -2.46. The third-order valence-corrected chi connectivity index (χ3v) is 5.11. The molecule has 0 N–H and O–H groups in total. The van der Waals surface area contributed by atoms with Gasteiger partial charge in [0.25, 0.3) is 11.5 Å². The van der Waals surface area contributed by atoms with E-state index in [0.717, 1.165) is 29.5 Å². The maximum Gasteiger partial charge on any atom is 0.253 e. The molecule has 1 amide bonds. The monoisotopic (exact) mass is 390 g/mol. The number of rotatable bonds is 4. The fourth-order valence-electron chi connectivity index (χ4n) is 3.21. The van der Waals surface area contributed by atoms with Crippen molar-refractivity contribution in [1.29, 1.82) is 0 Å². The number of likely N-dealkylation sites (tertiary alicyclic amines) is 1. The third kappa shape index (κ3) is 4.27. The van der Waals surface area contributed by atoms with Crippen LogP contribution in [0.3, 0.4) is 0 Å². The van der Waals surface area contributed by atoms with Crippen LogP contribution in [0, 0.1) is 11.7 Å². The van der Waals surface area contributed by atoms with Gasteiger partial charge in [-0.3, -0.25) is 19.0 Å². The molecule has 0 spiro atoms. The van der Waals surface area contributed by atoms with Crippen molar-refractivity contribution in [3.05, 3.63) is 69.4 Å². The average molecular weight is 391 g/mol. The number of carbonyl (C=O) groups is 2. The predicted molar refractivity (Wildman–Crippen MR) is 100 cm³/mol. The molecule has 1 aromatic carbocycles. The summed E-state index contributed by atoms with van der Waals surface area (Å²) in [5.74, 6) is -0.989. The molecule has 0 saturated carbocycles. The Balaban J connectivity index is 2.02. The zero-order chi connectivity index (χ0) is 19.6.